The number of rotatable bonds is 18. The summed E-state index contributed by atoms with van der Waals surface area (Å²) in [6.45, 7) is 45.2. The van der Waals surface area contributed by atoms with Crippen LogP contribution in [-0.4, -0.2) is 52.0 Å². The summed E-state index contributed by atoms with van der Waals surface area (Å²) >= 11 is 0. The van der Waals surface area contributed by atoms with E-state index in [2.05, 4.69) is 0 Å². The van der Waals surface area contributed by atoms with Crippen LogP contribution in [-0.2, 0) is 43.2 Å². The lowest BCUT2D eigenvalue weighted by Crippen LogP contribution is -1.95. The minimum Gasteiger partial charge on any atom is -0.300 e. The van der Waals surface area contributed by atoms with E-state index in [1.54, 1.807) is 104 Å². The van der Waals surface area contributed by atoms with Gasteiger partial charge in [-0.05, 0) is 116 Å². The van der Waals surface area contributed by atoms with Gasteiger partial charge in [-0.1, -0.05) is 132 Å². The Morgan fingerprint density at radius 1 is 0.234 bits per heavy atom. The number of ketones is 9. The van der Waals surface area contributed by atoms with Gasteiger partial charge in [0.25, 0.3) is 0 Å². The molecule has 0 heterocycles. The Bertz CT molecular complexity index is 1380. The van der Waals surface area contributed by atoms with Crippen molar-refractivity contribution in [3.8, 4) is 0 Å². The molecule has 0 saturated carbocycles. The first kappa shape index (κ1) is 55.4. The summed E-state index contributed by atoms with van der Waals surface area (Å²) in [5, 5.41) is 0. The van der Waals surface area contributed by atoms with Crippen LogP contribution in [0.4, 0.5) is 0 Å². The molecule has 0 spiro atoms. The number of hydrogen-bond acceptors (Lipinski definition) is 9. The maximum atomic E-state index is 10.5. The monoisotopic (exact) mass is 929 g/mol. The van der Waals surface area contributed by atoms with E-state index in [0.717, 1.165) is 19.3 Å². The largest absolute Gasteiger partial charge is 0.300 e. The molecule has 9 heteroatoms. The van der Waals surface area contributed by atoms with Crippen molar-refractivity contribution in [2.45, 2.75) is 252 Å². The van der Waals surface area contributed by atoms with E-state index in [-0.39, 0.29) is 60.3 Å². The zero-order chi connectivity index (χ0) is 63.5. The smallest absolute Gasteiger partial charge is 0.130 e. The standard InChI is InChI=1S/9C6H12O.CH4/c9*1-5(2)4-6(3)7;/h9*5H,4H2,1-3H3;1H4/i6*4D2;;;;. The molecule has 0 amide bonds. The predicted octanol–water partition coefficient (Wildman–Crippen LogP) is 15.2. The van der Waals surface area contributed by atoms with Crippen molar-refractivity contribution in [2.75, 3.05) is 0 Å². The summed E-state index contributed by atoms with van der Waals surface area (Å²) in [5.41, 5.74) is 0. The van der Waals surface area contributed by atoms with Crippen LogP contribution in [0.2, 0.25) is 0 Å². The van der Waals surface area contributed by atoms with Crippen LogP contribution >= 0.6 is 0 Å². The summed E-state index contributed by atoms with van der Waals surface area (Å²) in [6, 6.07) is 0. The topological polar surface area (TPSA) is 154 Å². The van der Waals surface area contributed by atoms with Crippen molar-refractivity contribution in [3.63, 3.8) is 0 Å². The first-order valence-corrected chi connectivity index (χ1v) is 22.2. The fourth-order valence-electron chi connectivity index (χ4n) is 4.16. The van der Waals surface area contributed by atoms with Gasteiger partial charge < -0.3 is 43.2 Å². The Kier molecular flexibility index (Phi) is 50.2. The van der Waals surface area contributed by atoms with E-state index in [0.29, 0.717) is 17.8 Å². The molecule has 0 bridgehead atoms. The van der Waals surface area contributed by atoms with Crippen LogP contribution in [0.25, 0.3) is 0 Å². The molecule has 64 heavy (non-hydrogen) atoms. The van der Waals surface area contributed by atoms with E-state index < -0.39 is 72.9 Å². The third-order valence-electron chi connectivity index (χ3n) is 5.04. The summed E-state index contributed by atoms with van der Waals surface area (Å²) < 4.78 is 85.8. The van der Waals surface area contributed by atoms with Crippen LogP contribution in [0.5, 0.6) is 0 Å². The van der Waals surface area contributed by atoms with Crippen molar-refractivity contribution in [3.05, 3.63) is 0 Å². The van der Waals surface area contributed by atoms with Gasteiger partial charge in [0.1, 0.15) is 52.0 Å². The lowest BCUT2D eigenvalue weighted by molar-refractivity contribution is -0.118. The fourth-order valence-corrected chi connectivity index (χ4v) is 4.16. The van der Waals surface area contributed by atoms with Crippen molar-refractivity contribution in [1.82, 2.24) is 0 Å². The van der Waals surface area contributed by atoms with Crippen LogP contribution < -0.4 is 0 Å². The van der Waals surface area contributed by atoms with Gasteiger partial charge in [0.2, 0.25) is 0 Å². The fraction of sp³-hybridized carbons (Fsp3) is 0.836. The van der Waals surface area contributed by atoms with Gasteiger partial charge in [0, 0.05) is 73.9 Å². The molecule has 9 nitrogen and oxygen atoms in total. The summed E-state index contributed by atoms with van der Waals surface area (Å²) in [5.74, 6) is -1.27. The lowest BCUT2D eigenvalue weighted by atomic mass is 10.1. The summed E-state index contributed by atoms with van der Waals surface area (Å²) in [4.78, 5) is 94.0. The van der Waals surface area contributed by atoms with Gasteiger partial charge in [-0.2, -0.15) is 0 Å². The molecule has 0 radical (unpaired) electrons. The molecule has 0 aliphatic heterocycles. The molecular formula is C55H112O9. The molecule has 0 saturated heterocycles. The first-order chi connectivity index (χ1) is 32.7. The van der Waals surface area contributed by atoms with Gasteiger partial charge in [0.05, 0.1) is 0 Å². The number of carbonyl (C=O) groups excluding carboxylic acids is 9. The van der Waals surface area contributed by atoms with Gasteiger partial charge in [-0.3, -0.25) is 0 Å². The molecule has 0 aromatic heterocycles. The summed E-state index contributed by atoms with van der Waals surface area (Å²) in [6.07, 6.45) is -7.67. The van der Waals surface area contributed by atoms with E-state index in [1.165, 1.54) is 41.5 Å². The highest BCUT2D eigenvalue weighted by Gasteiger charge is 2.00. The molecular weight excluding hydrogens is 805 g/mol. The van der Waals surface area contributed by atoms with Crippen molar-refractivity contribution in [2.24, 2.45) is 53.3 Å². The SMILES string of the molecule is C.CC(=O)CC(C)C.CC(=O)CC(C)C.CC(=O)CC(C)C.[2H]C([2H])(C(C)=O)C(C)C.[2H]C([2H])(C(C)=O)C(C)C.[2H]C([2H])(C(C)=O)C(C)C.[2H]C([2H])(C(C)=O)C(C)C.[2H]C([2H])(C(C)=O)C(C)C.[2H]C([2H])(C(C)=O)C(C)C. The Morgan fingerprint density at radius 3 is 0.328 bits per heavy atom. The Morgan fingerprint density at radius 2 is 0.328 bits per heavy atom. The highest BCUT2D eigenvalue weighted by atomic mass is 16.2. The molecule has 0 aliphatic rings. The highest BCUT2D eigenvalue weighted by molar-refractivity contribution is 5.78. The van der Waals surface area contributed by atoms with Crippen LogP contribution in [0.15, 0.2) is 0 Å². The van der Waals surface area contributed by atoms with Gasteiger partial charge >= 0.3 is 0 Å². The minimum absolute atomic E-state index is 0. The first-order valence-electron chi connectivity index (χ1n) is 28.2. The Labute approximate surface area is 416 Å². The van der Waals surface area contributed by atoms with Crippen molar-refractivity contribution in [1.29, 1.82) is 0 Å². The second-order valence-corrected chi connectivity index (χ2v) is 18.0. The number of carbonyl (C=O) groups is 9. The van der Waals surface area contributed by atoms with E-state index in [4.69, 9.17) is 16.4 Å². The maximum Gasteiger partial charge on any atom is 0.130 e. The molecule has 0 aliphatic carbocycles. The summed E-state index contributed by atoms with van der Waals surface area (Å²) in [7, 11) is 0. The zero-order valence-corrected chi connectivity index (χ0v) is 45.5. The molecule has 386 valence electrons. The van der Waals surface area contributed by atoms with Crippen molar-refractivity contribution < 1.29 is 59.6 Å². The highest BCUT2D eigenvalue weighted by Crippen LogP contribution is 2.02. The van der Waals surface area contributed by atoms with E-state index >= 15 is 0 Å². The quantitative estimate of drug-likeness (QED) is 0.131. The van der Waals surface area contributed by atoms with Crippen LogP contribution in [0.1, 0.15) is 268 Å². The molecule has 0 atom stereocenters. The van der Waals surface area contributed by atoms with Crippen LogP contribution in [0, 0.1) is 53.3 Å². The molecule has 0 aromatic carbocycles. The molecule has 0 aromatic rings. The maximum absolute atomic E-state index is 10.5. The van der Waals surface area contributed by atoms with Gasteiger partial charge in [-0.15, -0.1) is 0 Å². The normalized spacial score (nSPS) is 13.7. The van der Waals surface area contributed by atoms with Gasteiger partial charge in [-0.25, -0.2) is 0 Å². The predicted molar refractivity (Wildman–Crippen MR) is 278 cm³/mol. The lowest BCUT2D eigenvalue weighted by Gasteiger charge is -1.95. The number of Topliss-reactive ketones (excluding diaryl/α,β-unsaturated/α-hetero) is 9. The molecule has 0 rings (SSSR count). The second kappa shape index (κ2) is 58.0. The average Bonchev–Trinajstić information content (AvgIpc) is 3.17. The van der Waals surface area contributed by atoms with E-state index in [1.807, 2.05) is 41.5 Å². The zero-order valence-electron chi connectivity index (χ0n) is 57.5. The van der Waals surface area contributed by atoms with E-state index in [9.17, 15) is 43.2 Å². The Hall–Kier alpha value is -2.97. The molecule has 0 N–H and O–H groups in total. The number of hydrogen-bond donors (Lipinski definition) is 0. The third-order valence-corrected chi connectivity index (χ3v) is 5.04. The molecule has 0 fully saturated rings. The Balaban J connectivity index is -0.0000000806. The third kappa shape index (κ3) is 182. The average molecular weight is 930 g/mol. The van der Waals surface area contributed by atoms with Crippen molar-refractivity contribution >= 4 is 52.0 Å². The van der Waals surface area contributed by atoms with Crippen LogP contribution in [0.3, 0.4) is 0 Å². The second-order valence-electron chi connectivity index (χ2n) is 18.0. The van der Waals surface area contributed by atoms with Gasteiger partial charge in [0.15, 0.2) is 0 Å². The molecule has 0 unspecified atom stereocenters. The minimum atomic E-state index is -1.64.